The molecule has 6 heteroatoms. The van der Waals surface area contributed by atoms with Gasteiger partial charge in [0.05, 0.1) is 5.41 Å². The second kappa shape index (κ2) is 6.02. The molecule has 3 rings (SSSR count). The Morgan fingerprint density at radius 2 is 1.80 bits per heavy atom. The monoisotopic (exact) mass is 350 g/mol. The molecule has 0 aliphatic carbocycles. The number of nitrogens with zero attached hydrogens (tertiary/aromatic N) is 1. The van der Waals surface area contributed by atoms with Gasteiger partial charge in [-0.25, -0.2) is 5.01 Å². The number of hydrogen-bond acceptors (Lipinski definition) is 2. The van der Waals surface area contributed by atoms with Crippen molar-refractivity contribution in [3.63, 3.8) is 0 Å². The summed E-state index contributed by atoms with van der Waals surface area (Å²) >= 11 is 0. The molecule has 1 fully saturated rings. The minimum absolute atomic E-state index is 0.000133. The Balaban J connectivity index is 2.16. The second-order valence-electron chi connectivity index (χ2n) is 7.11. The molecule has 0 aromatic heterocycles. The number of amides is 1. The number of rotatable bonds is 3. The summed E-state index contributed by atoms with van der Waals surface area (Å²) < 4.78 is 41.9. The average molecular weight is 350 g/mol. The topological polar surface area (TPSA) is 32.3 Å². The first-order valence-corrected chi connectivity index (χ1v) is 8.30. The molecule has 1 amide bonds. The van der Waals surface area contributed by atoms with Crippen LogP contribution in [0.2, 0.25) is 0 Å². The minimum Gasteiger partial charge on any atom is -0.287 e. The molecule has 1 atom stereocenters. The summed E-state index contributed by atoms with van der Waals surface area (Å²) in [5.74, 6) is -0.392. The van der Waals surface area contributed by atoms with Gasteiger partial charge in [0, 0.05) is 6.54 Å². The van der Waals surface area contributed by atoms with Gasteiger partial charge in [0.15, 0.2) is 6.04 Å². The highest BCUT2D eigenvalue weighted by atomic mass is 19.4. The molecule has 0 radical (unpaired) electrons. The Bertz CT molecular complexity index is 814. The van der Waals surface area contributed by atoms with Gasteiger partial charge in [0.1, 0.15) is 0 Å². The van der Waals surface area contributed by atoms with Crippen molar-refractivity contribution >= 4 is 16.7 Å². The van der Waals surface area contributed by atoms with Crippen molar-refractivity contribution < 1.29 is 18.0 Å². The number of carbonyl (C=O) groups is 1. The molecule has 1 saturated heterocycles. The average Bonchev–Trinajstić information content (AvgIpc) is 2.79. The molecule has 0 bridgehead atoms. The molecule has 0 unspecified atom stereocenters. The van der Waals surface area contributed by atoms with Crippen LogP contribution in [-0.4, -0.2) is 23.6 Å². The lowest BCUT2D eigenvalue weighted by Gasteiger charge is -2.31. The Hall–Kier alpha value is -2.08. The van der Waals surface area contributed by atoms with Gasteiger partial charge in [-0.3, -0.25) is 10.2 Å². The predicted molar refractivity (Wildman–Crippen MR) is 90.8 cm³/mol. The van der Waals surface area contributed by atoms with Crippen LogP contribution in [0.5, 0.6) is 0 Å². The quantitative estimate of drug-likeness (QED) is 0.891. The maximum absolute atomic E-state index is 14.0. The van der Waals surface area contributed by atoms with Gasteiger partial charge in [-0.05, 0) is 42.2 Å². The fourth-order valence-electron chi connectivity index (χ4n) is 3.43. The van der Waals surface area contributed by atoms with Crippen molar-refractivity contribution in [3.05, 3.63) is 47.5 Å². The molecule has 1 heterocycles. The molecule has 1 aliphatic heterocycles. The van der Waals surface area contributed by atoms with Crippen molar-refractivity contribution in [1.29, 1.82) is 0 Å². The molecule has 2 aromatic carbocycles. The summed E-state index contributed by atoms with van der Waals surface area (Å²) in [6, 6.07) is 8.54. The fraction of sp³-hybridized carbons (Fsp3) is 0.421. The Labute approximate surface area is 144 Å². The number of aryl methyl sites for hydroxylation is 1. The van der Waals surface area contributed by atoms with Gasteiger partial charge in [0.2, 0.25) is 5.91 Å². The third-order valence-electron chi connectivity index (χ3n) is 4.77. The Kier molecular flexibility index (Phi) is 4.27. The molecule has 134 valence electrons. The van der Waals surface area contributed by atoms with Gasteiger partial charge in [0.25, 0.3) is 0 Å². The molecule has 3 nitrogen and oxygen atoms in total. The molecule has 25 heavy (non-hydrogen) atoms. The summed E-state index contributed by atoms with van der Waals surface area (Å²) in [6.07, 6.45) is -3.77. The molecule has 1 N–H and O–H groups in total. The van der Waals surface area contributed by atoms with Gasteiger partial charge in [-0.1, -0.05) is 43.3 Å². The lowest BCUT2D eigenvalue weighted by atomic mass is 9.92. The molecular formula is C19H21F3N2O. The van der Waals surface area contributed by atoms with Crippen LogP contribution in [0.3, 0.4) is 0 Å². The summed E-state index contributed by atoms with van der Waals surface area (Å²) in [6.45, 7) is 5.27. The van der Waals surface area contributed by atoms with E-state index in [-0.39, 0.29) is 12.1 Å². The van der Waals surface area contributed by atoms with Crippen molar-refractivity contribution in [3.8, 4) is 0 Å². The number of nitrogens with one attached hydrogen (secondary N) is 1. The third-order valence-corrected chi connectivity index (χ3v) is 4.77. The van der Waals surface area contributed by atoms with Crippen LogP contribution in [0.4, 0.5) is 13.2 Å². The van der Waals surface area contributed by atoms with Crippen molar-refractivity contribution in [2.75, 3.05) is 6.54 Å². The normalized spacial score (nSPS) is 19.2. The number of alkyl halides is 3. The van der Waals surface area contributed by atoms with E-state index in [0.717, 1.165) is 22.4 Å². The molecular weight excluding hydrogens is 329 g/mol. The van der Waals surface area contributed by atoms with E-state index in [0.29, 0.717) is 5.39 Å². The van der Waals surface area contributed by atoms with E-state index in [9.17, 15) is 18.0 Å². The summed E-state index contributed by atoms with van der Waals surface area (Å²) in [5, 5.41) is 2.42. The van der Waals surface area contributed by atoms with Crippen molar-refractivity contribution in [2.45, 2.75) is 39.4 Å². The Morgan fingerprint density at radius 3 is 2.32 bits per heavy atom. The van der Waals surface area contributed by atoms with Crippen LogP contribution in [0.15, 0.2) is 36.4 Å². The van der Waals surface area contributed by atoms with E-state index < -0.39 is 23.5 Å². The van der Waals surface area contributed by atoms with E-state index in [4.69, 9.17) is 0 Å². The van der Waals surface area contributed by atoms with Crippen LogP contribution < -0.4 is 5.43 Å². The van der Waals surface area contributed by atoms with Gasteiger partial charge in [-0.15, -0.1) is 0 Å². The molecule has 1 aliphatic rings. The van der Waals surface area contributed by atoms with Gasteiger partial charge < -0.3 is 0 Å². The van der Waals surface area contributed by atoms with Gasteiger partial charge in [-0.2, -0.15) is 13.2 Å². The highest BCUT2D eigenvalue weighted by molar-refractivity contribution is 5.89. The van der Waals surface area contributed by atoms with E-state index in [2.05, 4.69) is 5.43 Å². The van der Waals surface area contributed by atoms with E-state index >= 15 is 0 Å². The zero-order chi connectivity index (χ0) is 18.4. The maximum Gasteiger partial charge on any atom is 0.409 e. The van der Waals surface area contributed by atoms with Crippen LogP contribution in [0.1, 0.15) is 37.9 Å². The predicted octanol–water partition coefficient (Wildman–Crippen LogP) is 4.38. The number of benzene rings is 2. The third kappa shape index (κ3) is 3.11. The van der Waals surface area contributed by atoms with Crippen LogP contribution in [-0.2, 0) is 11.2 Å². The smallest absolute Gasteiger partial charge is 0.287 e. The lowest BCUT2D eigenvalue weighted by Crippen LogP contribution is -2.43. The lowest BCUT2D eigenvalue weighted by molar-refractivity contribution is -0.191. The number of fused-ring (bicyclic) bond motifs is 1. The summed E-state index contributed by atoms with van der Waals surface area (Å²) in [4.78, 5) is 12.0. The largest absolute Gasteiger partial charge is 0.409 e. The first kappa shape index (κ1) is 17.7. The van der Waals surface area contributed by atoms with E-state index in [1.807, 2.05) is 19.1 Å². The first-order chi connectivity index (χ1) is 11.6. The highest BCUT2D eigenvalue weighted by Crippen LogP contribution is 2.43. The van der Waals surface area contributed by atoms with Crippen LogP contribution in [0.25, 0.3) is 10.8 Å². The Morgan fingerprint density at radius 1 is 1.16 bits per heavy atom. The van der Waals surface area contributed by atoms with Crippen LogP contribution in [0, 0.1) is 5.41 Å². The molecule has 0 spiro atoms. The van der Waals surface area contributed by atoms with Crippen LogP contribution >= 0.6 is 0 Å². The maximum atomic E-state index is 14.0. The first-order valence-electron chi connectivity index (χ1n) is 8.30. The standard InChI is InChI=1S/C19H21F3N2O/c1-4-12-9-10-15(14-8-6-5-7-13(12)14)16(19(20,21)22)24-11-18(2,3)17(25)23-24/h5-10,16H,4,11H2,1-3H3,(H,23,25)/t16-/m0/s1. The minimum atomic E-state index is -4.51. The van der Waals surface area contributed by atoms with Gasteiger partial charge >= 0.3 is 6.18 Å². The number of hydrazine groups is 1. The van der Waals surface area contributed by atoms with Crippen molar-refractivity contribution in [2.24, 2.45) is 5.41 Å². The number of carbonyl (C=O) groups excluding carboxylic acids is 1. The fourth-order valence-corrected chi connectivity index (χ4v) is 3.43. The van der Waals surface area contributed by atoms with E-state index in [1.54, 1.807) is 32.0 Å². The van der Waals surface area contributed by atoms with Crippen molar-refractivity contribution in [1.82, 2.24) is 10.4 Å². The number of halogens is 3. The SMILES string of the molecule is CCc1ccc([C@H](N2CC(C)(C)C(=O)N2)C(F)(F)F)c2ccccc12. The zero-order valence-corrected chi connectivity index (χ0v) is 14.4. The number of hydrogen-bond donors (Lipinski definition) is 1. The second-order valence-corrected chi connectivity index (χ2v) is 7.11. The zero-order valence-electron chi connectivity index (χ0n) is 14.4. The molecule has 0 saturated carbocycles. The summed E-state index contributed by atoms with van der Waals surface area (Å²) in [7, 11) is 0. The molecule has 2 aromatic rings. The van der Waals surface area contributed by atoms with E-state index in [1.165, 1.54) is 6.07 Å². The highest BCUT2D eigenvalue weighted by Gasteiger charge is 2.51. The summed E-state index contributed by atoms with van der Waals surface area (Å²) in [5.41, 5.74) is 2.73.